The molecule has 0 bridgehead atoms. The Hall–Kier alpha value is -1.35. The van der Waals surface area contributed by atoms with Gasteiger partial charge in [-0.15, -0.1) is 0 Å². The molecule has 0 amide bonds. The van der Waals surface area contributed by atoms with E-state index in [2.05, 4.69) is 4.74 Å². The Morgan fingerprint density at radius 3 is 2.60 bits per heavy atom. The summed E-state index contributed by atoms with van der Waals surface area (Å²) < 4.78 is 4.61. The van der Waals surface area contributed by atoms with Crippen LogP contribution in [0.2, 0.25) is 5.02 Å². The van der Waals surface area contributed by atoms with E-state index in [0.717, 1.165) is 5.56 Å². The molecule has 0 aliphatic rings. The molecule has 80 valence electrons. The molecule has 0 aliphatic heterocycles. The maximum atomic E-state index is 11.5. The van der Waals surface area contributed by atoms with Gasteiger partial charge in [-0.25, -0.2) is 0 Å². The third kappa shape index (κ3) is 3.36. The minimum atomic E-state index is -0.464. The van der Waals surface area contributed by atoms with Gasteiger partial charge in [-0.05, 0) is 30.7 Å². The van der Waals surface area contributed by atoms with Crippen LogP contribution in [-0.4, -0.2) is 18.4 Å². The summed E-state index contributed by atoms with van der Waals surface area (Å²) in [6.07, 6.45) is 0. The largest absolute Gasteiger partial charge is 0.457 e. The van der Waals surface area contributed by atoms with Crippen LogP contribution in [0.5, 0.6) is 0 Å². The summed E-state index contributed by atoms with van der Waals surface area (Å²) in [5.74, 6) is -0.695. The maximum Gasteiger partial charge on any atom is 0.303 e. The third-order valence-electron chi connectivity index (χ3n) is 1.89. The van der Waals surface area contributed by atoms with Gasteiger partial charge < -0.3 is 4.74 Å². The summed E-state index contributed by atoms with van der Waals surface area (Å²) in [4.78, 5) is 22.0. The van der Waals surface area contributed by atoms with Crippen LogP contribution in [0.15, 0.2) is 18.2 Å². The number of carbonyl (C=O) groups excluding carboxylic acids is 2. The molecular weight excluding hydrogens is 216 g/mol. The Labute approximate surface area is 93.0 Å². The van der Waals surface area contributed by atoms with Gasteiger partial charge in [-0.3, -0.25) is 9.59 Å². The average molecular weight is 227 g/mol. The predicted octanol–water partition coefficient (Wildman–Crippen LogP) is 2.39. The van der Waals surface area contributed by atoms with E-state index in [1.54, 1.807) is 18.2 Å². The first-order valence-electron chi connectivity index (χ1n) is 4.43. The summed E-state index contributed by atoms with van der Waals surface area (Å²) in [6.45, 7) is 2.85. The fourth-order valence-electron chi connectivity index (χ4n) is 1.07. The number of esters is 1. The standard InChI is InChI=1S/C11H11ClO3/c1-7-5-9(3-4-10(7)12)11(14)6-15-8(2)13/h3-5H,6H2,1-2H3. The zero-order valence-corrected chi connectivity index (χ0v) is 9.30. The van der Waals surface area contributed by atoms with Gasteiger partial charge in [-0.1, -0.05) is 11.6 Å². The van der Waals surface area contributed by atoms with Crippen LogP contribution >= 0.6 is 11.6 Å². The number of rotatable bonds is 3. The Morgan fingerprint density at radius 2 is 2.07 bits per heavy atom. The number of Topliss-reactive ketones (excluding diaryl/α,β-unsaturated/α-hetero) is 1. The van der Waals surface area contributed by atoms with Crippen molar-refractivity contribution in [2.75, 3.05) is 6.61 Å². The molecule has 0 unspecified atom stereocenters. The highest BCUT2D eigenvalue weighted by molar-refractivity contribution is 6.31. The van der Waals surface area contributed by atoms with Gasteiger partial charge in [0.15, 0.2) is 12.4 Å². The molecule has 0 aromatic heterocycles. The van der Waals surface area contributed by atoms with Gasteiger partial charge in [0, 0.05) is 17.5 Å². The Kier molecular flexibility index (Phi) is 3.86. The van der Waals surface area contributed by atoms with Gasteiger partial charge in [0.05, 0.1) is 0 Å². The molecule has 1 rings (SSSR count). The highest BCUT2D eigenvalue weighted by atomic mass is 35.5. The molecule has 0 atom stereocenters. The van der Waals surface area contributed by atoms with Crippen molar-refractivity contribution in [3.63, 3.8) is 0 Å². The van der Waals surface area contributed by atoms with Gasteiger partial charge in [-0.2, -0.15) is 0 Å². The van der Waals surface area contributed by atoms with Crippen LogP contribution in [0, 0.1) is 6.92 Å². The second-order valence-electron chi connectivity index (χ2n) is 3.17. The van der Waals surface area contributed by atoms with Gasteiger partial charge in [0.2, 0.25) is 0 Å². The Bertz CT molecular complexity index is 399. The van der Waals surface area contributed by atoms with Crippen molar-refractivity contribution in [2.24, 2.45) is 0 Å². The van der Waals surface area contributed by atoms with Gasteiger partial charge in [0.1, 0.15) is 0 Å². The number of aryl methyl sites for hydroxylation is 1. The van der Waals surface area contributed by atoms with Crippen LogP contribution in [0.4, 0.5) is 0 Å². The number of hydrogen-bond acceptors (Lipinski definition) is 3. The SMILES string of the molecule is CC(=O)OCC(=O)c1ccc(Cl)c(C)c1. The van der Waals surface area contributed by atoms with Crippen molar-refractivity contribution in [3.05, 3.63) is 34.3 Å². The second-order valence-corrected chi connectivity index (χ2v) is 3.57. The van der Waals surface area contributed by atoms with Crippen LogP contribution in [0.1, 0.15) is 22.8 Å². The zero-order valence-electron chi connectivity index (χ0n) is 8.54. The Morgan fingerprint density at radius 1 is 1.40 bits per heavy atom. The topological polar surface area (TPSA) is 43.4 Å². The quantitative estimate of drug-likeness (QED) is 0.587. The van der Waals surface area contributed by atoms with E-state index in [1.165, 1.54) is 6.92 Å². The summed E-state index contributed by atoms with van der Waals surface area (Å²) in [7, 11) is 0. The first kappa shape index (κ1) is 11.7. The monoisotopic (exact) mass is 226 g/mol. The van der Waals surface area contributed by atoms with E-state index in [0.29, 0.717) is 10.6 Å². The molecule has 1 aromatic carbocycles. The summed E-state index contributed by atoms with van der Waals surface area (Å²) in [6, 6.07) is 4.94. The van der Waals surface area contributed by atoms with Gasteiger partial charge in [0.25, 0.3) is 0 Å². The molecule has 3 nitrogen and oxygen atoms in total. The van der Waals surface area contributed by atoms with E-state index >= 15 is 0 Å². The molecule has 0 saturated carbocycles. The number of ether oxygens (including phenoxy) is 1. The lowest BCUT2D eigenvalue weighted by molar-refractivity contribution is -0.139. The predicted molar refractivity (Wildman–Crippen MR) is 57.2 cm³/mol. The molecule has 0 spiro atoms. The van der Waals surface area contributed by atoms with E-state index in [-0.39, 0.29) is 12.4 Å². The van der Waals surface area contributed by atoms with E-state index in [9.17, 15) is 9.59 Å². The summed E-state index contributed by atoms with van der Waals surface area (Å²) in [5, 5.41) is 0.610. The van der Waals surface area contributed by atoms with Crippen LogP contribution in [0.3, 0.4) is 0 Å². The molecular formula is C11H11ClO3. The minimum Gasteiger partial charge on any atom is -0.457 e. The lowest BCUT2D eigenvalue weighted by Gasteiger charge is -2.03. The highest BCUT2D eigenvalue weighted by Gasteiger charge is 2.08. The fraction of sp³-hybridized carbons (Fsp3) is 0.273. The lowest BCUT2D eigenvalue weighted by atomic mass is 10.1. The number of benzene rings is 1. The summed E-state index contributed by atoms with van der Waals surface area (Å²) in [5.41, 5.74) is 1.32. The van der Waals surface area contributed by atoms with Crippen LogP contribution in [-0.2, 0) is 9.53 Å². The van der Waals surface area contributed by atoms with E-state index < -0.39 is 5.97 Å². The van der Waals surface area contributed by atoms with Crippen molar-refractivity contribution in [3.8, 4) is 0 Å². The molecule has 0 N–H and O–H groups in total. The van der Waals surface area contributed by atoms with Crippen molar-refractivity contribution < 1.29 is 14.3 Å². The molecule has 0 radical (unpaired) electrons. The average Bonchev–Trinajstić information content (AvgIpc) is 2.18. The number of carbonyl (C=O) groups is 2. The summed E-state index contributed by atoms with van der Waals surface area (Å²) >= 11 is 5.82. The van der Waals surface area contributed by atoms with E-state index in [4.69, 9.17) is 11.6 Å². The fourth-order valence-corrected chi connectivity index (χ4v) is 1.19. The second kappa shape index (κ2) is 4.94. The molecule has 15 heavy (non-hydrogen) atoms. The smallest absolute Gasteiger partial charge is 0.303 e. The zero-order chi connectivity index (χ0) is 11.4. The normalized spacial score (nSPS) is 9.80. The van der Waals surface area contributed by atoms with Crippen molar-refractivity contribution in [1.82, 2.24) is 0 Å². The molecule has 0 aliphatic carbocycles. The van der Waals surface area contributed by atoms with Crippen molar-refractivity contribution in [2.45, 2.75) is 13.8 Å². The maximum absolute atomic E-state index is 11.5. The molecule has 4 heteroatoms. The Balaban J connectivity index is 2.74. The third-order valence-corrected chi connectivity index (χ3v) is 2.31. The lowest BCUT2D eigenvalue weighted by Crippen LogP contribution is -2.11. The van der Waals surface area contributed by atoms with Gasteiger partial charge >= 0.3 is 5.97 Å². The molecule has 0 saturated heterocycles. The number of hydrogen-bond donors (Lipinski definition) is 0. The molecule has 1 aromatic rings. The molecule has 0 heterocycles. The van der Waals surface area contributed by atoms with E-state index in [1.807, 2.05) is 6.92 Å². The first-order chi connectivity index (χ1) is 7.00. The van der Waals surface area contributed by atoms with Crippen LogP contribution < -0.4 is 0 Å². The minimum absolute atomic E-state index is 0.226. The van der Waals surface area contributed by atoms with Crippen molar-refractivity contribution in [1.29, 1.82) is 0 Å². The van der Waals surface area contributed by atoms with Crippen LogP contribution in [0.25, 0.3) is 0 Å². The highest BCUT2D eigenvalue weighted by Crippen LogP contribution is 2.16. The van der Waals surface area contributed by atoms with Crippen molar-refractivity contribution >= 4 is 23.4 Å². The molecule has 0 fully saturated rings. The number of halogens is 1. The number of ketones is 1. The first-order valence-corrected chi connectivity index (χ1v) is 4.81.